The van der Waals surface area contributed by atoms with E-state index in [1.807, 2.05) is 24.3 Å². The fourth-order valence-corrected chi connectivity index (χ4v) is 6.48. The molecule has 0 aliphatic carbocycles. The first kappa shape index (κ1) is 19.0. The smallest absolute Gasteiger partial charge is 0.250 e. The Morgan fingerprint density at radius 3 is 2.61 bits per heavy atom. The van der Waals surface area contributed by atoms with Crippen LogP contribution in [0.2, 0.25) is 5.02 Å². The van der Waals surface area contributed by atoms with Crippen molar-refractivity contribution < 1.29 is 14.4 Å². The van der Waals surface area contributed by atoms with Gasteiger partial charge in [-0.15, -0.1) is 0 Å². The Morgan fingerprint density at radius 2 is 1.87 bits per heavy atom. The van der Waals surface area contributed by atoms with E-state index in [-0.39, 0.29) is 23.8 Å². The van der Waals surface area contributed by atoms with Crippen LogP contribution in [0.4, 0.5) is 11.4 Å². The van der Waals surface area contributed by atoms with Gasteiger partial charge in [0.25, 0.3) is 0 Å². The first-order valence-corrected chi connectivity index (χ1v) is 11.2. The van der Waals surface area contributed by atoms with E-state index in [0.717, 1.165) is 24.8 Å². The van der Waals surface area contributed by atoms with Crippen molar-refractivity contribution in [3.8, 4) is 0 Å². The predicted molar refractivity (Wildman–Crippen MR) is 117 cm³/mol. The predicted octanol–water partition coefficient (Wildman–Crippen LogP) is 3.33. The fraction of sp³-hybridized carbons (Fsp3) is 0.375. The fourth-order valence-electron chi connectivity index (χ4n) is 6.31. The Bertz CT molecular complexity index is 1150. The number of rotatable bonds is 2. The average Bonchev–Trinajstić information content (AvgIpc) is 3.47. The van der Waals surface area contributed by atoms with E-state index in [1.54, 1.807) is 18.2 Å². The van der Waals surface area contributed by atoms with Crippen molar-refractivity contribution in [1.29, 1.82) is 0 Å². The molecule has 3 amide bonds. The molecule has 3 fully saturated rings. The number of anilines is 2. The minimum atomic E-state index is -1.18. The summed E-state index contributed by atoms with van der Waals surface area (Å²) in [5, 5.41) is 3.48. The average molecular weight is 436 g/mol. The van der Waals surface area contributed by atoms with Gasteiger partial charge in [-0.1, -0.05) is 30.7 Å². The van der Waals surface area contributed by atoms with E-state index in [4.69, 9.17) is 11.6 Å². The molecule has 1 spiro atoms. The standard InChI is InChI=1S/C24H22ClN3O3/c1-2-13-5-8-15(9-6-13)28-21(29)19-18-4-3-11-27(18)24(20(19)22(28)30)16-12-14(25)7-10-17(16)26-23(24)31/h5-10,12,18-20H,2-4,11H2,1H3,(H,26,31). The summed E-state index contributed by atoms with van der Waals surface area (Å²) in [4.78, 5) is 44.5. The van der Waals surface area contributed by atoms with Gasteiger partial charge in [0.05, 0.1) is 17.5 Å². The molecule has 4 heterocycles. The molecular formula is C24H22ClN3O3. The van der Waals surface area contributed by atoms with Crippen LogP contribution in [0.3, 0.4) is 0 Å². The highest BCUT2D eigenvalue weighted by Gasteiger charge is 2.74. The first-order chi connectivity index (χ1) is 15.0. The van der Waals surface area contributed by atoms with E-state index >= 15 is 0 Å². The minimum absolute atomic E-state index is 0.128. The molecule has 6 rings (SSSR count). The molecule has 4 unspecified atom stereocenters. The third-order valence-corrected chi connectivity index (χ3v) is 7.79. The summed E-state index contributed by atoms with van der Waals surface area (Å²) in [5.41, 5.74) is 1.92. The lowest BCUT2D eigenvalue weighted by Crippen LogP contribution is -2.54. The molecule has 3 saturated heterocycles. The van der Waals surface area contributed by atoms with E-state index in [9.17, 15) is 14.4 Å². The second-order valence-corrected chi connectivity index (χ2v) is 9.29. The summed E-state index contributed by atoms with van der Waals surface area (Å²) in [6.07, 6.45) is 2.57. The van der Waals surface area contributed by atoms with Crippen LogP contribution < -0.4 is 10.2 Å². The summed E-state index contributed by atoms with van der Waals surface area (Å²) >= 11 is 6.32. The first-order valence-electron chi connectivity index (χ1n) is 10.8. The van der Waals surface area contributed by atoms with Crippen molar-refractivity contribution in [3.05, 3.63) is 58.6 Å². The van der Waals surface area contributed by atoms with Gasteiger partial charge >= 0.3 is 0 Å². The Balaban J connectivity index is 1.53. The Kier molecular flexibility index (Phi) is 3.93. The van der Waals surface area contributed by atoms with Crippen molar-refractivity contribution >= 4 is 40.7 Å². The van der Waals surface area contributed by atoms with Crippen LogP contribution in [-0.4, -0.2) is 35.2 Å². The Labute approximate surface area is 185 Å². The Morgan fingerprint density at radius 1 is 1.10 bits per heavy atom. The maximum absolute atomic E-state index is 13.9. The number of aryl methyl sites for hydroxylation is 1. The second-order valence-electron chi connectivity index (χ2n) is 8.85. The highest BCUT2D eigenvalue weighted by atomic mass is 35.5. The second kappa shape index (κ2) is 6.40. The highest BCUT2D eigenvalue weighted by molar-refractivity contribution is 6.31. The van der Waals surface area contributed by atoms with Crippen molar-refractivity contribution in [2.45, 2.75) is 37.8 Å². The molecule has 158 valence electrons. The maximum Gasteiger partial charge on any atom is 0.250 e. The molecular weight excluding hydrogens is 414 g/mol. The molecule has 0 radical (unpaired) electrons. The van der Waals surface area contributed by atoms with E-state index in [2.05, 4.69) is 17.1 Å². The third kappa shape index (κ3) is 2.24. The number of carbonyl (C=O) groups is 3. The van der Waals surface area contributed by atoms with Gasteiger partial charge in [0, 0.05) is 22.3 Å². The van der Waals surface area contributed by atoms with E-state index in [1.165, 1.54) is 4.90 Å². The van der Waals surface area contributed by atoms with Crippen LogP contribution in [0.1, 0.15) is 30.9 Å². The van der Waals surface area contributed by atoms with Crippen molar-refractivity contribution in [2.75, 3.05) is 16.8 Å². The van der Waals surface area contributed by atoms with Gasteiger partial charge in [-0.05, 0) is 61.7 Å². The lowest BCUT2D eigenvalue weighted by atomic mass is 9.75. The van der Waals surface area contributed by atoms with Gasteiger partial charge in [0.2, 0.25) is 17.7 Å². The molecule has 0 aromatic heterocycles. The summed E-state index contributed by atoms with van der Waals surface area (Å²) in [6, 6.07) is 12.7. The molecule has 2 aromatic carbocycles. The molecule has 4 aliphatic rings. The molecule has 4 aliphatic heterocycles. The minimum Gasteiger partial charge on any atom is -0.324 e. The molecule has 7 heteroatoms. The quantitative estimate of drug-likeness (QED) is 0.734. The van der Waals surface area contributed by atoms with Gasteiger partial charge in [-0.3, -0.25) is 19.3 Å². The number of carbonyl (C=O) groups excluding carboxylic acids is 3. The SMILES string of the molecule is CCc1ccc(N2C(=O)C3C4CCCN4C4(C(=O)Nc5ccc(Cl)cc54)C3C2=O)cc1. The van der Waals surface area contributed by atoms with Crippen LogP contribution in [0, 0.1) is 11.8 Å². The molecule has 1 N–H and O–H groups in total. The summed E-state index contributed by atoms with van der Waals surface area (Å²) < 4.78 is 0. The number of amides is 3. The number of hydrogen-bond donors (Lipinski definition) is 1. The van der Waals surface area contributed by atoms with E-state index < -0.39 is 17.4 Å². The van der Waals surface area contributed by atoms with Gasteiger partial charge in [-0.2, -0.15) is 0 Å². The largest absolute Gasteiger partial charge is 0.324 e. The molecule has 6 nitrogen and oxygen atoms in total. The normalized spacial score (nSPS) is 31.4. The highest BCUT2D eigenvalue weighted by Crippen LogP contribution is 2.60. The van der Waals surface area contributed by atoms with E-state index in [0.29, 0.717) is 28.5 Å². The van der Waals surface area contributed by atoms with Gasteiger partial charge in [-0.25, -0.2) is 4.90 Å². The molecule has 4 atom stereocenters. The number of fused-ring (bicyclic) bond motifs is 7. The third-order valence-electron chi connectivity index (χ3n) is 7.56. The number of nitrogens with one attached hydrogen (secondary N) is 1. The van der Waals surface area contributed by atoms with Crippen LogP contribution >= 0.6 is 11.6 Å². The lowest BCUT2D eigenvalue weighted by Gasteiger charge is -2.36. The van der Waals surface area contributed by atoms with Gasteiger partial charge in [0.15, 0.2) is 0 Å². The maximum atomic E-state index is 13.9. The zero-order valence-electron chi connectivity index (χ0n) is 17.1. The van der Waals surface area contributed by atoms with Crippen molar-refractivity contribution in [2.24, 2.45) is 11.8 Å². The topological polar surface area (TPSA) is 69.7 Å². The number of imide groups is 1. The number of hydrogen-bond acceptors (Lipinski definition) is 4. The summed E-state index contributed by atoms with van der Waals surface area (Å²) in [5.74, 6) is -2.01. The molecule has 31 heavy (non-hydrogen) atoms. The molecule has 0 saturated carbocycles. The summed E-state index contributed by atoms with van der Waals surface area (Å²) in [7, 11) is 0. The van der Waals surface area contributed by atoms with Gasteiger partial charge in [0.1, 0.15) is 5.54 Å². The van der Waals surface area contributed by atoms with Gasteiger partial charge < -0.3 is 5.32 Å². The summed E-state index contributed by atoms with van der Waals surface area (Å²) in [6.45, 7) is 2.74. The van der Waals surface area contributed by atoms with Crippen LogP contribution in [-0.2, 0) is 26.3 Å². The Hall–Kier alpha value is -2.70. The lowest BCUT2D eigenvalue weighted by molar-refractivity contribution is -0.135. The van der Waals surface area contributed by atoms with Crippen LogP contribution in [0.25, 0.3) is 0 Å². The zero-order chi connectivity index (χ0) is 21.5. The number of nitrogens with zero attached hydrogens (tertiary/aromatic N) is 2. The number of benzene rings is 2. The number of halogens is 1. The molecule has 0 bridgehead atoms. The van der Waals surface area contributed by atoms with Crippen molar-refractivity contribution in [3.63, 3.8) is 0 Å². The van der Waals surface area contributed by atoms with Crippen molar-refractivity contribution in [1.82, 2.24) is 4.90 Å². The zero-order valence-corrected chi connectivity index (χ0v) is 17.9. The monoisotopic (exact) mass is 435 g/mol. The van der Waals surface area contributed by atoms with Crippen LogP contribution in [0.15, 0.2) is 42.5 Å². The van der Waals surface area contributed by atoms with Crippen LogP contribution in [0.5, 0.6) is 0 Å². The molecule has 2 aromatic rings.